The molecule has 1 fully saturated rings. The number of benzene rings is 1. The average molecular weight is 482 g/mol. The first kappa shape index (κ1) is 14.3. The van der Waals surface area contributed by atoms with E-state index in [0.29, 0.717) is 0 Å². The first-order valence-electron chi connectivity index (χ1n) is 4.89. The van der Waals surface area contributed by atoms with Crippen molar-refractivity contribution in [3.8, 4) is 0 Å². The molecule has 3 nitrogen and oxygen atoms in total. The molecule has 1 N–H and O–H groups in total. The van der Waals surface area contributed by atoms with Crippen molar-refractivity contribution in [1.82, 2.24) is 15.4 Å². The molecule has 16 heavy (non-hydrogen) atoms. The van der Waals surface area contributed by atoms with Crippen LogP contribution >= 0.6 is 11.8 Å². The van der Waals surface area contributed by atoms with Gasteiger partial charge in [0, 0.05) is 22.4 Å². The van der Waals surface area contributed by atoms with Gasteiger partial charge in [-0.3, -0.25) is 5.10 Å². The summed E-state index contributed by atoms with van der Waals surface area (Å²) in [6, 6.07) is 7.74. The third kappa shape index (κ3) is 4.24. The molecule has 3 rings (SSSR count). The average Bonchev–Trinajstić information content (AvgIpc) is 2.88. The topological polar surface area (TPSA) is 41.6 Å². The molecule has 90 valence electrons. The van der Waals surface area contributed by atoms with Gasteiger partial charge >= 0.3 is 50.5 Å². The Kier molecular flexibility index (Phi) is 6.73. The molecule has 0 aliphatic carbocycles. The smallest absolute Gasteiger partial charge is 0.112 e. The van der Waals surface area contributed by atoms with Crippen molar-refractivity contribution in [2.75, 3.05) is 5.75 Å². The molecule has 0 amide bonds. The van der Waals surface area contributed by atoms with Gasteiger partial charge in [0.15, 0.2) is 0 Å². The van der Waals surface area contributed by atoms with Crippen molar-refractivity contribution in [3.63, 3.8) is 0 Å². The Morgan fingerprint density at radius 2 is 2.19 bits per heavy atom. The number of para-hydroxylation sites is 1. The zero-order valence-corrected chi connectivity index (χ0v) is 13.2. The Balaban J connectivity index is 0.000000162. The van der Waals surface area contributed by atoms with Crippen LogP contribution in [0.25, 0.3) is 11.0 Å². The number of nitrogens with one attached hydrogen (secondary N) is 1. The van der Waals surface area contributed by atoms with Crippen LogP contribution in [0.2, 0.25) is 0 Å². The van der Waals surface area contributed by atoms with Crippen molar-refractivity contribution in [3.05, 3.63) is 24.3 Å². The third-order valence-electron chi connectivity index (χ3n) is 2.12. The van der Waals surface area contributed by atoms with Crippen LogP contribution in [0.1, 0.15) is 12.8 Å². The first-order valence-corrected chi connectivity index (χ1v) is 6.93. The van der Waals surface area contributed by atoms with E-state index in [1.807, 2.05) is 36.0 Å². The van der Waals surface area contributed by atoms with Crippen LogP contribution in [0, 0.1) is 0 Å². The van der Waals surface area contributed by atoms with Crippen molar-refractivity contribution in [2.24, 2.45) is 0 Å². The number of hydrogen-bond donors (Lipinski definition) is 1. The zero-order valence-electron chi connectivity index (χ0n) is 8.52. The number of fused-ring (bicyclic) bond motifs is 1. The standard InChI is InChI=1S/C6H5N3.C4H7SSe.Au/c1-2-4-6-5(3-1)7-9-8-6;6-4-2-1-3-5-4;/h1-4H,(H,7,8,9);4H,1-3H2;. The minimum Gasteiger partial charge on any atom is -0.258 e. The van der Waals surface area contributed by atoms with Gasteiger partial charge in [-0.2, -0.15) is 0 Å². The molecule has 6 heteroatoms. The number of aromatic amines is 1. The second kappa shape index (κ2) is 7.54. The molecule has 1 aliphatic rings. The van der Waals surface area contributed by atoms with E-state index in [9.17, 15) is 0 Å². The van der Waals surface area contributed by atoms with Gasteiger partial charge in [-0.05, 0) is 12.1 Å². The molecule has 0 saturated carbocycles. The second-order valence-corrected chi connectivity index (χ2v) is 6.45. The Bertz CT molecular complexity index is 387. The van der Waals surface area contributed by atoms with E-state index in [1.165, 1.54) is 18.6 Å². The summed E-state index contributed by atoms with van der Waals surface area (Å²) in [6.07, 6.45) is 2.81. The van der Waals surface area contributed by atoms with Gasteiger partial charge in [-0.1, -0.05) is 17.3 Å². The molecular formula is C10H12AuN3SSe. The monoisotopic (exact) mass is 483 g/mol. The number of nitrogens with zero attached hydrogens (tertiary/aromatic N) is 2. The molecule has 1 aliphatic heterocycles. The Hall–Kier alpha value is 0.230. The Morgan fingerprint density at radius 1 is 1.38 bits per heavy atom. The van der Waals surface area contributed by atoms with E-state index >= 15 is 0 Å². The Morgan fingerprint density at radius 3 is 2.75 bits per heavy atom. The fourth-order valence-electron chi connectivity index (χ4n) is 1.34. The zero-order chi connectivity index (χ0) is 10.5. The van der Waals surface area contributed by atoms with Gasteiger partial charge in [0.25, 0.3) is 0 Å². The molecule has 2 aromatic rings. The summed E-state index contributed by atoms with van der Waals surface area (Å²) >= 11 is 5.14. The SMILES string of the molecule is [Au].[Se]C1CCCS1.c1ccc2[nH]nnc2c1. The predicted octanol–water partition coefficient (Wildman–Crippen LogP) is 1.96. The summed E-state index contributed by atoms with van der Waals surface area (Å²) in [7, 11) is 0. The fourth-order valence-corrected chi connectivity index (χ4v) is 3.22. The van der Waals surface area contributed by atoms with Gasteiger partial charge in [-0.25, -0.2) is 0 Å². The number of aromatic nitrogens is 3. The summed E-state index contributed by atoms with van der Waals surface area (Å²) in [5.41, 5.74) is 1.90. The van der Waals surface area contributed by atoms with E-state index < -0.39 is 0 Å². The van der Waals surface area contributed by atoms with Crippen molar-refractivity contribution in [2.45, 2.75) is 17.0 Å². The summed E-state index contributed by atoms with van der Waals surface area (Å²) in [5.74, 6) is 1.37. The van der Waals surface area contributed by atoms with Crippen LogP contribution in [-0.4, -0.2) is 41.3 Å². The van der Waals surface area contributed by atoms with E-state index in [0.717, 1.165) is 15.2 Å². The normalized spacial score (nSPS) is 18.7. The molecule has 1 atom stereocenters. The predicted molar refractivity (Wildman–Crippen MR) is 65.1 cm³/mol. The molecular weight excluding hydrogens is 470 g/mol. The van der Waals surface area contributed by atoms with E-state index in [2.05, 4.69) is 31.4 Å². The molecule has 0 spiro atoms. The second-order valence-electron chi connectivity index (χ2n) is 3.27. The summed E-state index contributed by atoms with van der Waals surface area (Å²) in [5, 5.41) is 10.2. The quantitative estimate of drug-likeness (QED) is 0.585. The summed E-state index contributed by atoms with van der Waals surface area (Å²) in [4.78, 5) is 0. The fraction of sp³-hybridized carbons (Fsp3) is 0.400. The molecule has 1 saturated heterocycles. The van der Waals surface area contributed by atoms with Gasteiger partial charge in [0.1, 0.15) is 5.52 Å². The minimum atomic E-state index is 0. The van der Waals surface area contributed by atoms with Crippen molar-refractivity contribution in [1.29, 1.82) is 0 Å². The number of thioether (sulfide) groups is 1. The van der Waals surface area contributed by atoms with Crippen LogP contribution < -0.4 is 0 Å². The first-order chi connectivity index (χ1) is 7.36. The molecule has 1 aromatic heterocycles. The molecule has 1 unspecified atom stereocenters. The largest absolute Gasteiger partial charge is 0.258 e. The van der Waals surface area contributed by atoms with Crippen LogP contribution in [0.4, 0.5) is 0 Å². The molecule has 0 bridgehead atoms. The van der Waals surface area contributed by atoms with Gasteiger partial charge in [0.2, 0.25) is 0 Å². The molecule has 1 aromatic carbocycles. The van der Waals surface area contributed by atoms with Gasteiger partial charge < -0.3 is 0 Å². The summed E-state index contributed by atoms with van der Waals surface area (Å²) in [6.45, 7) is 0. The van der Waals surface area contributed by atoms with Crippen LogP contribution in [0.5, 0.6) is 0 Å². The van der Waals surface area contributed by atoms with Gasteiger partial charge in [-0.15, -0.1) is 5.10 Å². The molecule has 2 radical (unpaired) electrons. The minimum absolute atomic E-state index is 0. The van der Waals surface area contributed by atoms with E-state index in [1.54, 1.807) is 0 Å². The van der Waals surface area contributed by atoms with Crippen LogP contribution in [0.15, 0.2) is 24.3 Å². The van der Waals surface area contributed by atoms with E-state index in [-0.39, 0.29) is 22.4 Å². The third-order valence-corrected chi connectivity index (χ3v) is 4.60. The molecule has 2 heterocycles. The maximum atomic E-state index is 3.81. The van der Waals surface area contributed by atoms with E-state index in [4.69, 9.17) is 0 Å². The van der Waals surface area contributed by atoms with Crippen LogP contribution in [0.3, 0.4) is 0 Å². The maximum Gasteiger partial charge on any atom is 0.112 e. The van der Waals surface area contributed by atoms with Crippen molar-refractivity contribution < 1.29 is 22.4 Å². The number of hydrogen-bond acceptors (Lipinski definition) is 3. The van der Waals surface area contributed by atoms with Gasteiger partial charge in [0.05, 0.1) is 5.52 Å². The van der Waals surface area contributed by atoms with Crippen molar-refractivity contribution >= 4 is 38.8 Å². The Labute approximate surface area is 123 Å². The number of H-pyrrole nitrogens is 1. The summed E-state index contributed by atoms with van der Waals surface area (Å²) < 4.78 is 0.838. The number of rotatable bonds is 0. The van der Waals surface area contributed by atoms with Crippen LogP contribution in [-0.2, 0) is 22.4 Å². The maximum absolute atomic E-state index is 3.81.